The number of rotatable bonds is 2. The molecule has 0 aliphatic heterocycles. The quantitative estimate of drug-likeness (QED) is 0.692. The molecule has 0 saturated heterocycles. The minimum Gasteiger partial charge on any atom is -0.254 e. The van der Waals surface area contributed by atoms with E-state index in [2.05, 4.69) is 9.97 Å². The van der Waals surface area contributed by atoms with Crippen LogP contribution in [0.1, 0.15) is 0 Å². The lowest BCUT2D eigenvalue weighted by Crippen LogP contribution is -1.85. The van der Waals surface area contributed by atoms with Crippen molar-refractivity contribution >= 4 is 11.3 Å². The molecule has 1 aromatic carbocycles. The minimum absolute atomic E-state index is 0.254. The monoisotopic (exact) mass is 256 g/mol. The van der Waals surface area contributed by atoms with Crippen LogP contribution in [-0.4, -0.2) is 9.97 Å². The van der Waals surface area contributed by atoms with Gasteiger partial charge in [-0.2, -0.15) is 0 Å². The summed E-state index contributed by atoms with van der Waals surface area (Å²) in [5.74, 6) is -0.254. The second kappa shape index (κ2) is 4.66. The molecule has 4 heteroatoms. The molecule has 18 heavy (non-hydrogen) atoms. The fourth-order valence-electron chi connectivity index (χ4n) is 1.67. The highest BCUT2D eigenvalue weighted by atomic mass is 32.1. The molecule has 0 aliphatic rings. The molecule has 0 saturated carbocycles. The maximum absolute atomic E-state index is 13.6. The summed E-state index contributed by atoms with van der Waals surface area (Å²) >= 11 is 1.47. The van der Waals surface area contributed by atoms with E-state index in [0.29, 0.717) is 11.3 Å². The third-order valence-electron chi connectivity index (χ3n) is 2.54. The number of nitrogens with zero attached hydrogens (tertiary/aromatic N) is 2. The largest absolute Gasteiger partial charge is 0.254 e. The van der Waals surface area contributed by atoms with Crippen LogP contribution >= 0.6 is 11.3 Å². The zero-order valence-electron chi connectivity index (χ0n) is 9.38. The van der Waals surface area contributed by atoms with Gasteiger partial charge < -0.3 is 0 Å². The van der Waals surface area contributed by atoms with E-state index in [0.717, 1.165) is 10.7 Å². The number of hydrogen-bond acceptors (Lipinski definition) is 3. The van der Waals surface area contributed by atoms with Gasteiger partial charge in [0.15, 0.2) is 0 Å². The lowest BCUT2D eigenvalue weighted by Gasteiger charge is -1.97. The molecule has 0 bridgehead atoms. The Kier molecular flexibility index (Phi) is 2.86. The van der Waals surface area contributed by atoms with Crippen molar-refractivity contribution in [2.45, 2.75) is 0 Å². The third kappa shape index (κ3) is 2.02. The first-order valence-corrected chi connectivity index (χ1v) is 6.34. The van der Waals surface area contributed by atoms with Crippen molar-refractivity contribution in [3.63, 3.8) is 0 Å². The SMILES string of the molecule is Fc1ccccc1-c1csc(-c2ccccn2)n1. The van der Waals surface area contributed by atoms with Crippen molar-refractivity contribution in [1.29, 1.82) is 0 Å². The van der Waals surface area contributed by atoms with Gasteiger partial charge in [-0.25, -0.2) is 9.37 Å². The second-order valence-electron chi connectivity index (χ2n) is 3.73. The zero-order chi connectivity index (χ0) is 12.4. The Hall–Kier alpha value is -2.07. The Morgan fingerprint density at radius 3 is 2.56 bits per heavy atom. The predicted octanol–water partition coefficient (Wildman–Crippen LogP) is 4.01. The van der Waals surface area contributed by atoms with E-state index < -0.39 is 0 Å². The van der Waals surface area contributed by atoms with E-state index >= 15 is 0 Å². The average Bonchev–Trinajstić information content (AvgIpc) is 2.90. The van der Waals surface area contributed by atoms with Gasteiger partial charge in [0.05, 0.1) is 11.4 Å². The standard InChI is InChI=1S/C14H9FN2S/c15-11-6-2-1-5-10(11)13-9-18-14(17-13)12-7-3-4-8-16-12/h1-9H. The summed E-state index contributed by atoms with van der Waals surface area (Å²) in [6.45, 7) is 0. The highest BCUT2D eigenvalue weighted by Gasteiger charge is 2.10. The van der Waals surface area contributed by atoms with E-state index in [1.165, 1.54) is 17.4 Å². The van der Waals surface area contributed by atoms with Gasteiger partial charge in [-0.15, -0.1) is 11.3 Å². The van der Waals surface area contributed by atoms with E-state index in [4.69, 9.17) is 0 Å². The highest BCUT2D eigenvalue weighted by molar-refractivity contribution is 7.13. The lowest BCUT2D eigenvalue weighted by atomic mass is 10.1. The molecule has 0 aliphatic carbocycles. The Morgan fingerprint density at radius 2 is 1.78 bits per heavy atom. The molecule has 0 N–H and O–H groups in total. The van der Waals surface area contributed by atoms with Crippen LogP contribution in [0.5, 0.6) is 0 Å². The van der Waals surface area contributed by atoms with Gasteiger partial charge in [0.2, 0.25) is 0 Å². The molecule has 0 spiro atoms. The van der Waals surface area contributed by atoms with Gasteiger partial charge in [-0.05, 0) is 24.3 Å². The number of aromatic nitrogens is 2. The summed E-state index contributed by atoms with van der Waals surface area (Å²) in [6.07, 6.45) is 1.72. The van der Waals surface area contributed by atoms with E-state index in [9.17, 15) is 4.39 Å². The van der Waals surface area contributed by atoms with Crippen LogP contribution < -0.4 is 0 Å². The molecule has 0 radical (unpaired) electrons. The first-order valence-electron chi connectivity index (χ1n) is 5.46. The van der Waals surface area contributed by atoms with Crippen molar-refractivity contribution in [3.05, 3.63) is 59.9 Å². The van der Waals surface area contributed by atoms with Crippen LogP contribution in [0.2, 0.25) is 0 Å². The fourth-order valence-corrected chi connectivity index (χ4v) is 2.47. The highest BCUT2D eigenvalue weighted by Crippen LogP contribution is 2.28. The Balaban J connectivity index is 2.03. The first kappa shape index (κ1) is 11.0. The maximum atomic E-state index is 13.6. The molecule has 0 unspecified atom stereocenters. The van der Waals surface area contributed by atoms with Gasteiger partial charge >= 0.3 is 0 Å². The Labute approximate surface area is 108 Å². The van der Waals surface area contributed by atoms with Gasteiger partial charge in [0.25, 0.3) is 0 Å². The molecule has 0 amide bonds. The number of benzene rings is 1. The van der Waals surface area contributed by atoms with Gasteiger partial charge in [0.1, 0.15) is 10.8 Å². The minimum atomic E-state index is -0.254. The van der Waals surface area contributed by atoms with Crippen LogP contribution in [0.15, 0.2) is 54.0 Å². The third-order valence-corrected chi connectivity index (χ3v) is 3.40. The molecular weight excluding hydrogens is 247 g/mol. The zero-order valence-corrected chi connectivity index (χ0v) is 10.2. The summed E-state index contributed by atoms with van der Waals surface area (Å²) in [4.78, 5) is 8.66. The first-order chi connectivity index (χ1) is 8.84. The molecule has 3 aromatic rings. The summed E-state index contributed by atoms with van der Waals surface area (Å²) in [6, 6.07) is 12.3. The van der Waals surface area contributed by atoms with Crippen molar-refractivity contribution in [1.82, 2.24) is 9.97 Å². The van der Waals surface area contributed by atoms with Crippen LogP contribution in [0.25, 0.3) is 22.0 Å². The molecular formula is C14H9FN2S. The van der Waals surface area contributed by atoms with E-state index in [1.54, 1.807) is 24.4 Å². The molecule has 0 atom stereocenters. The van der Waals surface area contributed by atoms with Crippen molar-refractivity contribution in [3.8, 4) is 22.0 Å². The average molecular weight is 256 g/mol. The van der Waals surface area contributed by atoms with Crippen LogP contribution in [-0.2, 0) is 0 Å². The van der Waals surface area contributed by atoms with Gasteiger partial charge in [0, 0.05) is 17.1 Å². The summed E-state index contributed by atoms with van der Waals surface area (Å²) in [5, 5.41) is 2.65. The molecule has 88 valence electrons. The second-order valence-corrected chi connectivity index (χ2v) is 4.59. The molecule has 3 rings (SSSR count). The van der Waals surface area contributed by atoms with E-state index in [1.807, 2.05) is 23.6 Å². The predicted molar refractivity (Wildman–Crippen MR) is 70.7 cm³/mol. The van der Waals surface area contributed by atoms with Gasteiger partial charge in [-0.3, -0.25) is 4.98 Å². The maximum Gasteiger partial charge on any atom is 0.142 e. The fraction of sp³-hybridized carbons (Fsp3) is 0. The Bertz CT molecular complexity index is 664. The number of pyridine rings is 1. The summed E-state index contributed by atoms with van der Waals surface area (Å²) in [7, 11) is 0. The Morgan fingerprint density at radius 1 is 0.944 bits per heavy atom. The molecule has 2 aromatic heterocycles. The van der Waals surface area contributed by atoms with Crippen LogP contribution in [0, 0.1) is 5.82 Å². The van der Waals surface area contributed by atoms with Crippen molar-refractivity contribution in [2.24, 2.45) is 0 Å². The molecule has 2 heterocycles. The number of hydrogen-bond donors (Lipinski definition) is 0. The lowest BCUT2D eigenvalue weighted by molar-refractivity contribution is 0.631. The van der Waals surface area contributed by atoms with E-state index in [-0.39, 0.29) is 5.82 Å². The smallest absolute Gasteiger partial charge is 0.142 e. The molecule has 2 nitrogen and oxygen atoms in total. The number of halogens is 1. The summed E-state index contributed by atoms with van der Waals surface area (Å²) in [5.41, 5.74) is 1.99. The number of thiazole rings is 1. The van der Waals surface area contributed by atoms with Crippen LogP contribution in [0.3, 0.4) is 0 Å². The van der Waals surface area contributed by atoms with Crippen LogP contribution in [0.4, 0.5) is 4.39 Å². The van der Waals surface area contributed by atoms with Gasteiger partial charge in [-0.1, -0.05) is 18.2 Å². The van der Waals surface area contributed by atoms with Crippen molar-refractivity contribution in [2.75, 3.05) is 0 Å². The molecule has 0 fully saturated rings. The summed E-state index contributed by atoms with van der Waals surface area (Å²) < 4.78 is 13.6. The normalized spacial score (nSPS) is 10.5. The van der Waals surface area contributed by atoms with Crippen molar-refractivity contribution < 1.29 is 4.39 Å². The topological polar surface area (TPSA) is 25.8 Å².